The maximum absolute atomic E-state index is 14.4. The Morgan fingerprint density at radius 2 is 1.74 bits per heavy atom. The van der Waals surface area contributed by atoms with Crippen molar-refractivity contribution in [2.75, 3.05) is 20.3 Å². The van der Waals surface area contributed by atoms with Gasteiger partial charge in [-0.05, 0) is 76.6 Å². The number of amides is 1. The Morgan fingerprint density at radius 1 is 1.12 bits per heavy atom. The van der Waals surface area contributed by atoms with E-state index in [-0.39, 0.29) is 24.8 Å². The molecule has 0 saturated carbocycles. The van der Waals surface area contributed by atoms with Crippen LogP contribution in [0.4, 0.5) is 9.18 Å². The van der Waals surface area contributed by atoms with Crippen molar-refractivity contribution in [3.8, 4) is 11.5 Å². The van der Waals surface area contributed by atoms with Gasteiger partial charge in [0, 0.05) is 5.56 Å². The number of hydrogen-bond acceptors (Lipinski definition) is 6. The molecule has 186 valence electrons. The van der Waals surface area contributed by atoms with E-state index in [0.717, 1.165) is 0 Å². The molecule has 0 fully saturated rings. The molecule has 0 aliphatic carbocycles. The van der Waals surface area contributed by atoms with Gasteiger partial charge in [0.1, 0.15) is 36.1 Å². The molecule has 0 aliphatic heterocycles. The second-order valence-corrected chi connectivity index (χ2v) is 8.92. The fourth-order valence-corrected chi connectivity index (χ4v) is 3.44. The normalized spacial score (nSPS) is 12.0. The van der Waals surface area contributed by atoms with Crippen LogP contribution in [0.2, 0.25) is 5.02 Å². The highest BCUT2D eigenvalue weighted by Crippen LogP contribution is 2.32. The predicted molar refractivity (Wildman–Crippen MR) is 127 cm³/mol. The quantitative estimate of drug-likeness (QED) is 0.401. The second-order valence-electron chi connectivity index (χ2n) is 8.51. The standard InChI is InChI=1S/C25H31ClFNO6/c1-7-32-23(29)14-28(24(30)34-25(3,4)5)16(2)20-12-17(27)13-22(26)21(20)15-33-19-10-8-18(31-6)9-11-19/h8-13,16H,7,14-15H2,1-6H3/t16-/m0/s1. The van der Waals surface area contributed by atoms with E-state index in [0.29, 0.717) is 22.6 Å². The number of hydrogen-bond donors (Lipinski definition) is 0. The fourth-order valence-electron chi connectivity index (χ4n) is 3.17. The lowest BCUT2D eigenvalue weighted by Crippen LogP contribution is -2.42. The highest BCUT2D eigenvalue weighted by molar-refractivity contribution is 6.31. The highest BCUT2D eigenvalue weighted by Gasteiger charge is 2.31. The maximum Gasteiger partial charge on any atom is 0.411 e. The first-order chi connectivity index (χ1) is 15.9. The van der Waals surface area contributed by atoms with E-state index < -0.39 is 29.5 Å². The Kier molecular flexibility index (Phi) is 9.55. The van der Waals surface area contributed by atoms with Crippen LogP contribution in [0, 0.1) is 5.82 Å². The molecule has 0 radical (unpaired) electrons. The molecule has 0 aliphatic rings. The SMILES string of the molecule is CCOC(=O)CN(C(=O)OC(C)(C)C)[C@@H](C)c1cc(F)cc(Cl)c1COc1ccc(OC)cc1. The van der Waals surface area contributed by atoms with Crippen LogP contribution in [0.15, 0.2) is 36.4 Å². The molecule has 0 aromatic heterocycles. The van der Waals surface area contributed by atoms with Crippen molar-refractivity contribution in [3.05, 3.63) is 58.4 Å². The number of nitrogens with zero attached hydrogens (tertiary/aromatic N) is 1. The summed E-state index contributed by atoms with van der Waals surface area (Å²) in [5, 5.41) is 0.135. The summed E-state index contributed by atoms with van der Waals surface area (Å²) >= 11 is 6.37. The monoisotopic (exact) mass is 495 g/mol. The van der Waals surface area contributed by atoms with Gasteiger partial charge in [-0.15, -0.1) is 0 Å². The lowest BCUT2D eigenvalue weighted by Gasteiger charge is -2.32. The Balaban J connectivity index is 2.39. The topological polar surface area (TPSA) is 74.3 Å². The van der Waals surface area contributed by atoms with Gasteiger partial charge in [-0.1, -0.05) is 11.6 Å². The van der Waals surface area contributed by atoms with Crippen molar-refractivity contribution in [2.24, 2.45) is 0 Å². The molecule has 9 heteroatoms. The van der Waals surface area contributed by atoms with Gasteiger partial charge in [0.2, 0.25) is 0 Å². The van der Waals surface area contributed by atoms with E-state index in [2.05, 4.69) is 0 Å². The van der Waals surface area contributed by atoms with Gasteiger partial charge < -0.3 is 18.9 Å². The lowest BCUT2D eigenvalue weighted by atomic mass is 10.00. The molecule has 7 nitrogen and oxygen atoms in total. The lowest BCUT2D eigenvalue weighted by molar-refractivity contribution is -0.144. The molecule has 1 amide bonds. The van der Waals surface area contributed by atoms with E-state index in [9.17, 15) is 14.0 Å². The van der Waals surface area contributed by atoms with Crippen LogP contribution in [-0.2, 0) is 20.9 Å². The minimum Gasteiger partial charge on any atom is -0.497 e. The van der Waals surface area contributed by atoms with Crippen molar-refractivity contribution in [2.45, 2.75) is 52.9 Å². The molecule has 1 atom stereocenters. The number of rotatable bonds is 9. The number of carbonyl (C=O) groups excluding carboxylic acids is 2. The van der Waals surface area contributed by atoms with E-state index in [4.69, 9.17) is 30.5 Å². The first-order valence-corrected chi connectivity index (χ1v) is 11.2. The smallest absolute Gasteiger partial charge is 0.411 e. The molecule has 0 bridgehead atoms. The summed E-state index contributed by atoms with van der Waals surface area (Å²) in [4.78, 5) is 26.4. The third-order valence-electron chi connectivity index (χ3n) is 4.79. The van der Waals surface area contributed by atoms with Gasteiger partial charge in [-0.3, -0.25) is 9.69 Å². The van der Waals surface area contributed by atoms with Gasteiger partial charge in [-0.25, -0.2) is 9.18 Å². The van der Waals surface area contributed by atoms with Crippen molar-refractivity contribution < 1.29 is 32.9 Å². The number of ether oxygens (including phenoxy) is 4. The number of halogens is 2. The molecule has 2 aromatic rings. The summed E-state index contributed by atoms with van der Waals surface area (Å²) in [5.41, 5.74) is 0.0568. The van der Waals surface area contributed by atoms with Crippen molar-refractivity contribution in [1.29, 1.82) is 0 Å². The highest BCUT2D eigenvalue weighted by atomic mass is 35.5. The fraction of sp³-hybridized carbons (Fsp3) is 0.440. The molecular weight excluding hydrogens is 465 g/mol. The number of carbonyl (C=O) groups is 2. The van der Waals surface area contributed by atoms with E-state index in [1.165, 1.54) is 17.0 Å². The molecule has 0 unspecified atom stereocenters. The molecule has 34 heavy (non-hydrogen) atoms. The summed E-state index contributed by atoms with van der Waals surface area (Å²) in [6.07, 6.45) is -0.740. The molecular formula is C25H31ClFNO6. The largest absolute Gasteiger partial charge is 0.497 e. The van der Waals surface area contributed by atoms with Gasteiger partial charge in [0.25, 0.3) is 0 Å². The van der Waals surface area contributed by atoms with E-state index >= 15 is 0 Å². The zero-order valence-corrected chi connectivity index (χ0v) is 21.1. The first-order valence-electron chi connectivity index (χ1n) is 10.8. The average molecular weight is 496 g/mol. The Morgan fingerprint density at radius 3 is 2.29 bits per heavy atom. The predicted octanol–water partition coefficient (Wildman–Crippen LogP) is 5.93. The first kappa shape index (κ1) is 27.2. The molecule has 0 heterocycles. The molecule has 2 aromatic carbocycles. The summed E-state index contributed by atoms with van der Waals surface area (Å²) in [6.45, 7) is 8.25. The van der Waals surface area contributed by atoms with Crippen molar-refractivity contribution >= 4 is 23.7 Å². The minimum absolute atomic E-state index is 0.00663. The van der Waals surface area contributed by atoms with Crippen LogP contribution in [-0.4, -0.2) is 42.8 Å². The van der Waals surface area contributed by atoms with E-state index in [1.54, 1.807) is 66.0 Å². The third kappa shape index (κ3) is 7.80. The zero-order valence-electron chi connectivity index (χ0n) is 20.3. The van der Waals surface area contributed by atoms with Crippen LogP contribution in [0.3, 0.4) is 0 Å². The molecule has 2 rings (SSSR count). The molecule has 0 spiro atoms. The summed E-state index contributed by atoms with van der Waals surface area (Å²) in [5.74, 6) is 0.0304. The second kappa shape index (κ2) is 11.9. The number of methoxy groups -OCH3 is 1. The minimum atomic E-state index is -0.802. The Hall–Kier alpha value is -3.00. The summed E-state index contributed by atoms with van der Waals surface area (Å²) < 4.78 is 35.9. The van der Waals surface area contributed by atoms with Crippen molar-refractivity contribution in [3.63, 3.8) is 0 Å². The summed E-state index contributed by atoms with van der Waals surface area (Å²) in [7, 11) is 1.56. The van der Waals surface area contributed by atoms with Crippen LogP contribution < -0.4 is 9.47 Å². The Labute approximate surface area is 204 Å². The van der Waals surface area contributed by atoms with Gasteiger partial charge in [0.15, 0.2) is 0 Å². The average Bonchev–Trinajstić information content (AvgIpc) is 2.75. The summed E-state index contributed by atoms with van der Waals surface area (Å²) in [6, 6.07) is 8.62. The number of benzene rings is 2. The van der Waals surface area contributed by atoms with Gasteiger partial charge in [-0.2, -0.15) is 0 Å². The molecule has 0 saturated heterocycles. The van der Waals surface area contributed by atoms with Crippen LogP contribution in [0.5, 0.6) is 11.5 Å². The van der Waals surface area contributed by atoms with Gasteiger partial charge >= 0.3 is 12.1 Å². The Bertz CT molecular complexity index is 990. The number of esters is 1. The van der Waals surface area contributed by atoms with Crippen LogP contribution in [0.25, 0.3) is 0 Å². The van der Waals surface area contributed by atoms with E-state index in [1.807, 2.05) is 0 Å². The molecule has 0 N–H and O–H groups in total. The van der Waals surface area contributed by atoms with Crippen LogP contribution in [0.1, 0.15) is 51.8 Å². The van der Waals surface area contributed by atoms with Crippen molar-refractivity contribution in [1.82, 2.24) is 4.90 Å². The third-order valence-corrected chi connectivity index (χ3v) is 5.12. The van der Waals surface area contributed by atoms with Crippen LogP contribution >= 0.6 is 11.6 Å². The van der Waals surface area contributed by atoms with Gasteiger partial charge in [0.05, 0.1) is 24.8 Å². The zero-order chi connectivity index (χ0) is 25.5. The maximum atomic E-state index is 14.4.